The second kappa shape index (κ2) is 3.33. The van der Waals surface area contributed by atoms with Gasteiger partial charge in [-0.3, -0.25) is 4.18 Å². The Morgan fingerprint density at radius 1 is 1.55 bits per heavy atom. The first kappa shape index (κ1) is 9.35. The first-order chi connectivity index (χ1) is 4.97. The summed E-state index contributed by atoms with van der Waals surface area (Å²) in [6.07, 6.45) is 4.11. The minimum absolute atomic E-state index is 0.0432. The zero-order valence-electron chi connectivity index (χ0n) is 6.74. The molecule has 0 aliphatic carbocycles. The summed E-state index contributed by atoms with van der Waals surface area (Å²) in [5, 5.41) is 0. The van der Waals surface area contributed by atoms with E-state index in [0.29, 0.717) is 10.9 Å². The highest BCUT2D eigenvalue weighted by Crippen LogP contribution is 2.16. The molecule has 5 heteroatoms. The summed E-state index contributed by atoms with van der Waals surface area (Å²) in [6.45, 7) is 0. The van der Waals surface area contributed by atoms with Crippen molar-refractivity contribution >= 4 is 21.0 Å². The van der Waals surface area contributed by atoms with E-state index in [9.17, 15) is 8.42 Å². The molecule has 1 heterocycles. The maximum absolute atomic E-state index is 10.7. The van der Waals surface area contributed by atoms with Crippen molar-refractivity contribution in [3.63, 3.8) is 0 Å². The predicted molar refractivity (Wildman–Crippen MR) is 47.4 cm³/mol. The molecule has 1 fully saturated rings. The van der Waals surface area contributed by atoms with Crippen LogP contribution in [0.3, 0.4) is 0 Å². The molecule has 0 spiro atoms. The molecule has 3 nitrogen and oxygen atoms in total. The quantitative estimate of drug-likeness (QED) is 0.462. The standard InChI is InChI=1S/C6H13O3S2/c1-10-4-3-6(5-10)9-11(2,7)8/h6H,3-5H2,1-2H3/q+1/t6-,10?/m1/s1. The Bertz CT molecular complexity index is 222. The summed E-state index contributed by atoms with van der Waals surface area (Å²) in [5.41, 5.74) is 0. The van der Waals surface area contributed by atoms with Gasteiger partial charge in [-0.05, 0) is 10.9 Å². The van der Waals surface area contributed by atoms with Crippen molar-refractivity contribution in [3.8, 4) is 0 Å². The highest BCUT2D eigenvalue weighted by Gasteiger charge is 2.31. The van der Waals surface area contributed by atoms with Crippen molar-refractivity contribution in [2.24, 2.45) is 0 Å². The molecule has 0 aromatic heterocycles. The molecule has 0 saturated carbocycles. The normalized spacial score (nSPS) is 32.5. The third-order valence-electron chi connectivity index (χ3n) is 1.57. The van der Waals surface area contributed by atoms with Crippen molar-refractivity contribution < 1.29 is 12.6 Å². The lowest BCUT2D eigenvalue weighted by Crippen LogP contribution is -2.18. The van der Waals surface area contributed by atoms with Gasteiger partial charge in [0, 0.05) is 6.42 Å². The Kier molecular flexibility index (Phi) is 2.83. The molecular formula is C6H13O3S2+. The van der Waals surface area contributed by atoms with Crippen LogP contribution in [0.1, 0.15) is 6.42 Å². The van der Waals surface area contributed by atoms with Gasteiger partial charge in [-0.15, -0.1) is 0 Å². The van der Waals surface area contributed by atoms with Gasteiger partial charge >= 0.3 is 0 Å². The fraction of sp³-hybridized carbons (Fsp3) is 1.00. The van der Waals surface area contributed by atoms with E-state index >= 15 is 0 Å². The van der Waals surface area contributed by atoms with E-state index in [-0.39, 0.29) is 6.10 Å². The van der Waals surface area contributed by atoms with Crippen LogP contribution in [-0.2, 0) is 25.2 Å². The number of hydrogen-bond donors (Lipinski definition) is 0. The summed E-state index contributed by atoms with van der Waals surface area (Å²) in [7, 11) is -2.85. The van der Waals surface area contributed by atoms with Crippen molar-refractivity contribution in [1.82, 2.24) is 0 Å². The molecule has 0 amide bonds. The lowest BCUT2D eigenvalue weighted by atomic mass is 10.3. The highest BCUT2D eigenvalue weighted by atomic mass is 32.2. The molecule has 1 aliphatic rings. The number of hydrogen-bond acceptors (Lipinski definition) is 3. The third kappa shape index (κ3) is 3.44. The Balaban J connectivity index is 2.41. The molecule has 2 atom stereocenters. The molecule has 1 aliphatic heterocycles. The molecule has 0 N–H and O–H groups in total. The van der Waals surface area contributed by atoms with Crippen LogP contribution in [0.4, 0.5) is 0 Å². The summed E-state index contributed by atoms with van der Waals surface area (Å²) >= 11 is 0. The molecule has 1 rings (SSSR count). The molecule has 0 aromatic rings. The van der Waals surface area contributed by atoms with Gasteiger partial charge in [-0.1, -0.05) is 0 Å². The first-order valence-corrected chi connectivity index (χ1v) is 7.23. The van der Waals surface area contributed by atoms with E-state index in [1.54, 1.807) is 0 Å². The van der Waals surface area contributed by atoms with Crippen LogP contribution in [0.5, 0.6) is 0 Å². The van der Waals surface area contributed by atoms with Crippen LogP contribution in [0.25, 0.3) is 0 Å². The highest BCUT2D eigenvalue weighted by molar-refractivity contribution is 7.96. The zero-order valence-corrected chi connectivity index (χ0v) is 8.37. The summed E-state index contributed by atoms with van der Waals surface area (Å²) < 4.78 is 26.2. The van der Waals surface area contributed by atoms with Crippen LogP contribution < -0.4 is 0 Å². The predicted octanol–water partition coefficient (Wildman–Crippen LogP) is -0.0170. The summed E-state index contributed by atoms with van der Waals surface area (Å²) in [4.78, 5) is 0. The van der Waals surface area contributed by atoms with Crippen molar-refractivity contribution in [2.75, 3.05) is 24.0 Å². The lowest BCUT2D eigenvalue weighted by Gasteiger charge is -2.03. The van der Waals surface area contributed by atoms with Gasteiger partial charge in [0.1, 0.15) is 17.6 Å². The summed E-state index contributed by atoms with van der Waals surface area (Å²) in [6, 6.07) is 0. The summed E-state index contributed by atoms with van der Waals surface area (Å²) in [5.74, 6) is 2.02. The second-order valence-electron chi connectivity index (χ2n) is 2.86. The van der Waals surface area contributed by atoms with Crippen molar-refractivity contribution in [1.29, 1.82) is 0 Å². The van der Waals surface area contributed by atoms with Crippen molar-refractivity contribution in [3.05, 3.63) is 0 Å². The fourth-order valence-corrected chi connectivity index (χ4v) is 3.59. The van der Waals surface area contributed by atoms with E-state index in [4.69, 9.17) is 4.18 Å². The maximum atomic E-state index is 10.7. The van der Waals surface area contributed by atoms with E-state index in [2.05, 4.69) is 6.26 Å². The van der Waals surface area contributed by atoms with Crippen LogP contribution in [0.2, 0.25) is 0 Å². The van der Waals surface area contributed by atoms with Gasteiger partial charge in [0.15, 0.2) is 0 Å². The van der Waals surface area contributed by atoms with Crippen LogP contribution in [0.15, 0.2) is 0 Å². The molecule has 1 unspecified atom stereocenters. The smallest absolute Gasteiger partial charge is 0.262 e. The van der Waals surface area contributed by atoms with Gasteiger partial charge in [-0.2, -0.15) is 8.42 Å². The van der Waals surface area contributed by atoms with E-state index in [0.717, 1.165) is 24.2 Å². The molecule has 0 radical (unpaired) electrons. The molecule has 0 aromatic carbocycles. The van der Waals surface area contributed by atoms with Gasteiger partial charge in [-0.25, -0.2) is 0 Å². The molecule has 0 bridgehead atoms. The zero-order chi connectivity index (χ0) is 8.48. The number of rotatable bonds is 2. The average molecular weight is 197 g/mol. The van der Waals surface area contributed by atoms with E-state index in [1.807, 2.05) is 0 Å². The first-order valence-electron chi connectivity index (χ1n) is 3.45. The average Bonchev–Trinajstić information content (AvgIpc) is 2.10. The van der Waals surface area contributed by atoms with Gasteiger partial charge in [0.05, 0.1) is 12.5 Å². The van der Waals surface area contributed by atoms with Crippen LogP contribution >= 0.6 is 0 Å². The molecule has 66 valence electrons. The Hall–Kier alpha value is 0.260. The SMILES string of the molecule is C[S+]1CC[C@@H](OS(C)(=O)=O)C1. The minimum Gasteiger partial charge on any atom is -0.262 e. The van der Waals surface area contributed by atoms with Gasteiger partial charge in [0.2, 0.25) is 0 Å². The molecule has 11 heavy (non-hydrogen) atoms. The lowest BCUT2D eigenvalue weighted by molar-refractivity contribution is 0.239. The topological polar surface area (TPSA) is 43.4 Å². The van der Waals surface area contributed by atoms with Crippen molar-refractivity contribution in [2.45, 2.75) is 12.5 Å². The van der Waals surface area contributed by atoms with Crippen LogP contribution in [0, 0.1) is 0 Å². The third-order valence-corrected chi connectivity index (χ3v) is 4.06. The fourth-order valence-electron chi connectivity index (χ4n) is 1.14. The van der Waals surface area contributed by atoms with E-state index < -0.39 is 10.1 Å². The Morgan fingerprint density at radius 3 is 2.55 bits per heavy atom. The monoisotopic (exact) mass is 197 g/mol. The molecular weight excluding hydrogens is 184 g/mol. The maximum Gasteiger partial charge on any atom is 0.264 e. The van der Waals surface area contributed by atoms with Gasteiger partial charge in [0.25, 0.3) is 10.1 Å². The second-order valence-corrected chi connectivity index (χ2v) is 6.77. The largest absolute Gasteiger partial charge is 0.264 e. The minimum atomic E-state index is -3.23. The Labute approximate surface area is 70.6 Å². The van der Waals surface area contributed by atoms with Gasteiger partial charge < -0.3 is 0 Å². The van der Waals surface area contributed by atoms with Crippen LogP contribution in [-0.4, -0.2) is 38.5 Å². The Morgan fingerprint density at radius 2 is 2.18 bits per heavy atom. The molecule has 1 saturated heterocycles. The van der Waals surface area contributed by atoms with E-state index in [1.165, 1.54) is 0 Å².